The first-order valence-electron chi connectivity index (χ1n) is 7.94. The first-order chi connectivity index (χ1) is 9.26. The molecule has 1 amide bonds. The van der Waals surface area contributed by atoms with Crippen molar-refractivity contribution in [1.82, 2.24) is 10.2 Å². The summed E-state index contributed by atoms with van der Waals surface area (Å²) in [6, 6.07) is 1.37. The minimum absolute atomic E-state index is 0.138. The Morgan fingerprint density at radius 2 is 2.00 bits per heavy atom. The summed E-state index contributed by atoms with van der Waals surface area (Å²) < 4.78 is 5.06. The van der Waals surface area contributed by atoms with Crippen molar-refractivity contribution in [3.8, 4) is 0 Å². The molecule has 3 rings (SSSR count). The van der Waals surface area contributed by atoms with Crippen LogP contribution < -0.4 is 5.32 Å². The lowest BCUT2D eigenvalue weighted by Gasteiger charge is -2.35. The minimum Gasteiger partial charge on any atom is -0.450 e. The summed E-state index contributed by atoms with van der Waals surface area (Å²) in [6.45, 7) is 4.03. The van der Waals surface area contributed by atoms with Crippen LogP contribution in [-0.4, -0.2) is 42.8 Å². The van der Waals surface area contributed by atoms with Gasteiger partial charge in [0.1, 0.15) is 0 Å². The molecule has 1 aliphatic heterocycles. The maximum atomic E-state index is 11.6. The van der Waals surface area contributed by atoms with E-state index in [1.165, 1.54) is 25.7 Å². The van der Waals surface area contributed by atoms with Gasteiger partial charge in [0.25, 0.3) is 0 Å². The van der Waals surface area contributed by atoms with E-state index in [1.54, 1.807) is 0 Å². The highest BCUT2D eigenvalue weighted by Crippen LogP contribution is 2.44. The number of nitrogens with zero attached hydrogens (tertiary/aromatic N) is 1. The van der Waals surface area contributed by atoms with E-state index >= 15 is 0 Å². The van der Waals surface area contributed by atoms with E-state index in [-0.39, 0.29) is 6.09 Å². The van der Waals surface area contributed by atoms with Gasteiger partial charge in [-0.05, 0) is 50.9 Å². The smallest absolute Gasteiger partial charge is 0.409 e. The van der Waals surface area contributed by atoms with Crippen LogP contribution in [0.3, 0.4) is 0 Å². The van der Waals surface area contributed by atoms with Crippen LogP contribution in [0.2, 0.25) is 0 Å². The SMILES string of the molecule is CCOC(=O)N1CCC(N[C@H]2C[C@H]3CC[C@H]2C3)CC1. The molecule has 0 aromatic carbocycles. The third-order valence-electron chi connectivity index (χ3n) is 5.21. The number of piperidine rings is 1. The van der Waals surface area contributed by atoms with Gasteiger partial charge in [0.2, 0.25) is 0 Å². The van der Waals surface area contributed by atoms with Crippen LogP contribution in [0, 0.1) is 11.8 Å². The van der Waals surface area contributed by atoms with Gasteiger partial charge in [0, 0.05) is 25.2 Å². The molecular weight excluding hydrogens is 240 g/mol. The van der Waals surface area contributed by atoms with Gasteiger partial charge in [0.15, 0.2) is 0 Å². The van der Waals surface area contributed by atoms with E-state index in [0.717, 1.165) is 43.8 Å². The maximum absolute atomic E-state index is 11.6. The molecule has 0 aromatic heterocycles. The van der Waals surface area contributed by atoms with E-state index < -0.39 is 0 Å². The van der Waals surface area contributed by atoms with Gasteiger partial charge in [-0.1, -0.05) is 6.42 Å². The minimum atomic E-state index is -0.138. The van der Waals surface area contributed by atoms with Crippen LogP contribution in [0.15, 0.2) is 0 Å². The number of fused-ring (bicyclic) bond motifs is 2. The number of hydrogen-bond donors (Lipinski definition) is 1. The lowest BCUT2D eigenvalue weighted by molar-refractivity contribution is 0.0933. The Kier molecular flexibility index (Phi) is 3.96. The molecule has 4 nitrogen and oxygen atoms in total. The van der Waals surface area contributed by atoms with Crippen molar-refractivity contribution in [2.24, 2.45) is 11.8 Å². The summed E-state index contributed by atoms with van der Waals surface area (Å²) in [7, 11) is 0. The number of ether oxygens (including phenoxy) is 1. The molecule has 108 valence electrons. The Morgan fingerprint density at radius 1 is 1.21 bits per heavy atom. The molecule has 3 fully saturated rings. The quantitative estimate of drug-likeness (QED) is 0.853. The zero-order valence-electron chi connectivity index (χ0n) is 11.9. The van der Waals surface area contributed by atoms with Crippen LogP contribution in [-0.2, 0) is 4.74 Å². The summed E-state index contributed by atoms with van der Waals surface area (Å²) in [5.74, 6) is 1.94. The van der Waals surface area contributed by atoms with Gasteiger partial charge in [-0.25, -0.2) is 4.79 Å². The summed E-state index contributed by atoms with van der Waals surface area (Å²) in [5.41, 5.74) is 0. The fourth-order valence-electron chi connectivity index (χ4n) is 4.20. The monoisotopic (exact) mass is 266 g/mol. The summed E-state index contributed by atoms with van der Waals surface area (Å²) in [4.78, 5) is 13.5. The molecule has 0 aromatic rings. The third kappa shape index (κ3) is 2.88. The average molecular weight is 266 g/mol. The molecule has 19 heavy (non-hydrogen) atoms. The second-order valence-electron chi connectivity index (χ2n) is 6.41. The zero-order chi connectivity index (χ0) is 13.2. The highest BCUT2D eigenvalue weighted by molar-refractivity contribution is 5.67. The first kappa shape index (κ1) is 13.2. The molecule has 3 atom stereocenters. The Morgan fingerprint density at radius 3 is 2.58 bits per heavy atom. The van der Waals surface area contributed by atoms with Gasteiger partial charge in [-0.2, -0.15) is 0 Å². The van der Waals surface area contributed by atoms with Crippen molar-refractivity contribution in [3.63, 3.8) is 0 Å². The topological polar surface area (TPSA) is 41.6 Å². The predicted octanol–water partition coefficient (Wildman–Crippen LogP) is 2.39. The third-order valence-corrected chi connectivity index (χ3v) is 5.21. The summed E-state index contributed by atoms with van der Waals surface area (Å²) >= 11 is 0. The van der Waals surface area contributed by atoms with Crippen molar-refractivity contribution >= 4 is 6.09 Å². The normalized spacial score (nSPS) is 34.8. The van der Waals surface area contributed by atoms with Crippen molar-refractivity contribution < 1.29 is 9.53 Å². The number of hydrogen-bond acceptors (Lipinski definition) is 3. The molecule has 2 aliphatic carbocycles. The lowest BCUT2D eigenvalue weighted by atomic mass is 9.93. The molecule has 0 radical (unpaired) electrons. The fourth-order valence-corrected chi connectivity index (χ4v) is 4.20. The molecule has 4 heteroatoms. The number of carbonyl (C=O) groups is 1. The molecule has 2 bridgehead atoms. The molecule has 0 unspecified atom stereocenters. The molecule has 1 saturated heterocycles. The van der Waals surface area contributed by atoms with Gasteiger partial charge >= 0.3 is 6.09 Å². The van der Waals surface area contributed by atoms with Gasteiger partial charge in [0.05, 0.1) is 6.61 Å². The van der Waals surface area contributed by atoms with E-state index in [2.05, 4.69) is 5.32 Å². The second-order valence-corrected chi connectivity index (χ2v) is 6.41. The van der Waals surface area contributed by atoms with Gasteiger partial charge in [-0.15, -0.1) is 0 Å². The number of amides is 1. The molecule has 3 aliphatic rings. The van der Waals surface area contributed by atoms with Crippen LogP contribution in [0.4, 0.5) is 4.79 Å². The molecule has 1 N–H and O–H groups in total. The van der Waals surface area contributed by atoms with Crippen molar-refractivity contribution in [3.05, 3.63) is 0 Å². The Bertz CT molecular complexity index is 326. The van der Waals surface area contributed by atoms with Crippen LogP contribution in [0.1, 0.15) is 45.4 Å². The number of nitrogens with one attached hydrogen (secondary N) is 1. The first-order valence-corrected chi connectivity index (χ1v) is 7.94. The van der Waals surface area contributed by atoms with Crippen molar-refractivity contribution in [2.75, 3.05) is 19.7 Å². The highest BCUT2D eigenvalue weighted by atomic mass is 16.6. The van der Waals surface area contributed by atoms with E-state index in [4.69, 9.17) is 4.74 Å². The van der Waals surface area contributed by atoms with Crippen LogP contribution in [0.25, 0.3) is 0 Å². The second kappa shape index (κ2) is 5.70. The molecule has 1 heterocycles. The molecule has 0 spiro atoms. The summed E-state index contributed by atoms with van der Waals surface area (Å²) in [6.07, 6.45) is 7.76. The van der Waals surface area contributed by atoms with Crippen molar-refractivity contribution in [1.29, 1.82) is 0 Å². The number of carbonyl (C=O) groups excluding carboxylic acids is 1. The zero-order valence-corrected chi connectivity index (χ0v) is 11.9. The average Bonchev–Trinajstić information content (AvgIpc) is 3.02. The Labute approximate surface area is 115 Å². The van der Waals surface area contributed by atoms with Crippen LogP contribution in [0.5, 0.6) is 0 Å². The predicted molar refractivity (Wildman–Crippen MR) is 74.0 cm³/mol. The van der Waals surface area contributed by atoms with Gasteiger partial charge in [-0.3, -0.25) is 0 Å². The fraction of sp³-hybridized carbons (Fsp3) is 0.933. The summed E-state index contributed by atoms with van der Waals surface area (Å²) in [5, 5.41) is 3.86. The molecular formula is C15H26N2O2. The maximum Gasteiger partial charge on any atom is 0.409 e. The van der Waals surface area contributed by atoms with Gasteiger partial charge < -0.3 is 15.0 Å². The van der Waals surface area contributed by atoms with Crippen molar-refractivity contribution in [2.45, 2.75) is 57.5 Å². The van der Waals surface area contributed by atoms with E-state index in [0.29, 0.717) is 12.6 Å². The van der Waals surface area contributed by atoms with Crippen LogP contribution >= 0.6 is 0 Å². The lowest BCUT2D eigenvalue weighted by Crippen LogP contribution is -2.49. The largest absolute Gasteiger partial charge is 0.450 e. The molecule has 2 saturated carbocycles. The van der Waals surface area contributed by atoms with E-state index in [9.17, 15) is 4.79 Å². The van der Waals surface area contributed by atoms with E-state index in [1.807, 2.05) is 11.8 Å². The number of rotatable bonds is 3. The number of likely N-dealkylation sites (tertiary alicyclic amines) is 1. The Hall–Kier alpha value is -0.770. The Balaban J connectivity index is 1.42. The highest BCUT2D eigenvalue weighted by Gasteiger charge is 2.40. The standard InChI is InChI=1S/C15H26N2O2/c1-2-19-15(18)17-7-5-13(6-8-17)16-14-10-11-3-4-12(14)9-11/h11-14,16H,2-10H2,1H3/t11-,12-,14-/m0/s1.